The van der Waals surface area contributed by atoms with Gasteiger partial charge in [-0.2, -0.15) is 5.10 Å². The number of hydrogen-bond acceptors (Lipinski definition) is 5. The lowest BCUT2D eigenvalue weighted by molar-refractivity contribution is -0.150. The number of aromatic amines is 1. The van der Waals surface area contributed by atoms with Crippen molar-refractivity contribution in [3.05, 3.63) is 65.2 Å². The van der Waals surface area contributed by atoms with Crippen LogP contribution in [-0.2, 0) is 16.1 Å². The maximum atomic E-state index is 13.9. The molecule has 0 spiro atoms. The Morgan fingerprint density at radius 1 is 1.23 bits per heavy atom. The first-order chi connectivity index (χ1) is 16.9. The zero-order valence-corrected chi connectivity index (χ0v) is 20.2. The number of amides is 2. The van der Waals surface area contributed by atoms with Crippen molar-refractivity contribution in [3.8, 4) is 0 Å². The second kappa shape index (κ2) is 9.14. The van der Waals surface area contributed by atoms with Crippen molar-refractivity contribution in [2.45, 2.75) is 38.3 Å². The molecule has 3 heterocycles. The number of carbonyl (C=O) groups excluding carboxylic acids is 2. The highest BCUT2D eigenvalue weighted by molar-refractivity contribution is 7.17. The quantitative estimate of drug-likeness (QED) is 0.384. The molecule has 8 nitrogen and oxygen atoms in total. The van der Waals surface area contributed by atoms with Gasteiger partial charge in [0.25, 0.3) is 5.91 Å². The SMILES string of the molecule is CC1(C(=O)N(CCCC(=O)O)Cc2ccc3cn[nH]c3c2)CCN1C(=O)c1csc2ccccc12. The molecule has 1 aliphatic heterocycles. The van der Waals surface area contributed by atoms with E-state index in [4.69, 9.17) is 5.11 Å². The summed E-state index contributed by atoms with van der Waals surface area (Å²) in [5.41, 5.74) is 1.43. The van der Waals surface area contributed by atoms with E-state index >= 15 is 0 Å². The standard InChI is InChI=1S/C26H26N4O4S/c1-26(10-12-30(26)24(33)20-16-35-22-6-3-2-5-19(20)22)25(34)29(11-4-7-23(31)32)15-17-8-9-18-14-27-28-21(18)13-17/h2-3,5-6,8-9,13-14,16H,4,7,10-12,15H2,1H3,(H,27,28)(H,31,32). The molecule has 1 saturated heterocycles. The third-order valence-electron chi connectivity index (χ3n) is 6.82. The van der Waals surface area contributed by atoms with Gasteiger partial charge >= 0.3 is 5.97 Å². The van der Waals surface area contributed by atoms with Crippen molar-refractivity contribution in [2.75, 3.05) is 13.1 Å². The molecule has 0 aliphatic carbocycles. The summed E-state index contributed by atoms with van der Waals surface area (Å²) in [6.07, 6.45) is 2.62. The number of aliphatic carboxylic acids is 1. The number of carboxylic acid groups (broad SMARTS) is 1. The van der Waals surface area contributed by atoms with Crippen LogP contribution in [0.3, 0.4) is 0 Å². The number of aromatic nitrogens is 2. The van der Waals surface area contributed by atoms with Crippen molar-refractivity contribution in [1.29, 1.82) is 0 Å². The highest BCUT2D eigenvalue weighted by Gasteiger charge is 2.51. The van der Waals surface area contributed by atoms with Crippen LogP contribution in [0.25, 0.3) is 21.0 Å². The third kappa shape index (κ3) is 4.27. The van der Waals surface area contributed by atoms with Crippen molar-refractivity contribution >= 4 is 50.1 Å². The van der Waals surface area contributed by atoms with Gasteiger partial charge in [-0.15, -0.1) is 11.3 Å². The first-order valence-corrected chi connectivity index (χ1v) is 12.5. The van der Waals surface area contributed by atoms with Gasteiger partial charge in [0.05, 0.1) is 17.3 Å². The molecule has 2 N–H and O–H groups in total. The van der Waals surface area contributed by atoms with Crippen LogP contribution in [0.2, 0.25) is 0 Å². The lowest BCUT2D eigenvalue weighted by Crippen LogP contribution is -2.67. The number of carbonyl (C=O) groups is 3. The minimum Gasteiger partial charge on any atom is -0.481 e. The number of likely N-dealkylation sites (tertiary alicyclic amines) is 1. The lowest BCUT2D eigenvalue weighted by atomic mass is 9.84. The molecule has 0 saturated carbocycles. The Balaban J connectivity index is 1.39. The largest absolute Gasteiger partial charge is 0.481 e. The Labute approximate surface area is 206 Å². The summed E-state index contributed by atoms with van der Waals surface area (Å²) < 4.78 is 1.04. The molecule has 5 rings (SSSR count). The van der Waals surface area contributed by atoms with Crippen molar-refractivity contribution in [2.24, 2.45) is 0 Å². The van der Waals surface area contributed by atoms with Crippen LogP contribution in [0.1, 0.15) is 42.1 Å². The molecule has 2 aromatic carbocycles. The van der Waals surface area contributed by atoms with Gasteiger partial charge in [-0.1, -0.05) is 30.3 Å². The zero-order chi connectivity index (χ0) is 24.6. The smallest absolute Gasteiger partial charge is 0.303 e. The molecule has 0 bridgehead atoms. The van der Waals surface area contributed by atoms with Crippen LogP contribution in [-0.4, -0.2) is 61.5 Å². The Morgan fingerprint density at radius 3 is 2.83 bits per heavy atom. The van der Waals surface area contributed by atoms with Crippen molar-refractivity contribution in [3.63, 3.8) is 0 Å². The second-order valence-corrected chi connectivity index (χ2v) is 10.1. The number of nitrogens with zero attached hydrogens (tertiary/aromatic N) is 3. The number of thiophene rings is 1. The lowest BCUT2D eigenvalue weighted by Gasteiger charge is -2.51. The molecule has 180 valence electrons. The van der Waals surface area contributed by atoms with Crippen LogP contribution < -0.4 is 0 Å². The Kier molecular flexibility index (Phi) is 6.02. The molecule has 35 heavy (non-hydrogen) atoms. The number of rotatable bonds is 8. The summed E-state index contributed by atoms with van der Waals surface area (Å²) in [6.45, 7) is 2.94. The normalized spacial score (nSPS) is 17.5. The summed E-state index contributed by atoms with van der Waals surface area (Å²) in [5.74, 6) is -1.20. The van der Waals surface area contributed by atoms with Gasteiger partial charge in [-0.25, -0.2) is 0 Å². The molecule has 1 fully saturated rings. The summed E-state index contributed by atoms with van der Waals surface area (Å²) >= 11 is 1.52. The number of fused-ring (bicyclic) bond motifs is 2. The van der Waals surface area contributed by atoms with Gasteiger partial charge in [0.1, 0.15) is 5.54 Å². The average molecular weight is 491 g/mol. The summed E-state index contributed by atoms with van der Waals surface area (Å²) in [7, 11) is 0. The fourth-order valence-electron chi connectivity index (χ4n) is 4.71. The number of benzene rings is 2. The second-order valence-electron chi connectivity index (χ2n) is 9.14. The van der Waals surface area contributed by atoms with E-state index in [0.29, 0.717) is 38.0 Å². The molecule has 2 amide bonds. The van der Waals surface area contributed by atoms with Gasteiger partial charge in [0.2, 0.25) is 5.91 Å². The monoisotopic (exact) mass is 490 g/mol. The van der Waals surface area contributed by atoms with E-state index in [1.165, 1.54) is 11.3 Å². The Morgan fingerprint density at radius 2 is 2.06 bits per heavy atom. The molecule has 1 aliphatic rings. The van der Waals surface area contributed by atoms with Crippen LogP contribution in [0.4, 0.5) is 0 Å². The predicted octanol–water partition coefficient (Wildman–Crippen LogP) is 4.28. The molecule has 9 heteroatoms. The fraction of sp³-hybridized carbons (Fsp3) is 0.308. The minimum atomic E-state index is -0.971. The van der Waals surface area contributed by atoms with E-state index in [-0.39, 0.29) is 18.2 Å². The summed E-state index contributed by atoms with van der Waals surface area (Å²) in [6, 6.07) is 13.6. The maximum Gasteiger partial charge on any atom is 0.303 e. The molecule has 1 atom stereocenters. The van der Waals surface area contributed by atoms with Crippen molar-refractivity contribution < 1.29 is 19.5 Å². The Bertz CT molecular complexity index is 1430. The van der Waals surface area contributed by atoms with Gasteiger partial charge < -0.3 is 14.9 Å². The molecular weight excluding hydrogens is 464 g/mol. The number of carboxylic acids is 1. The molecule has 1 unspecified atom stereocenters. The van der Waals surface area contributed by atoms with E-state index in [1.54, 1.807) is 16.0 Å². The number of nitrogens with one attached hydrogen (secondary N) is 1. The first-order valence-electron chi connectivity index (χ1n) is 11.6. The van der Waals surface area contributed by atoms with Gasteiger partial charge in [0, 0.05) is 46.9 Å². The molecular formula is C26H26N4O4S. The zero-order valence-electron chi connectivity index (χ0n) is 19.4. The van der Waals surface area contributed by atoms with Crippen LogP contribution >= 0.6 is 11.3 Å². The van der Waals surface area contributed by atoms with E-state index in [1.807, 2.05) is 54.8 Å². The molecule has 4 aromatic rings. The Hall–Kier alpha value is -3.72. The highest BCUT2D eigenvalue weighted by atomic mass is 32.1. The predicted molar refractivity (Wildman–Crippen MR) is 134 cm³/mol. The van der Waals surface area contributed by atoms with Crippen LogP contribution in [0.5, 0.6) is 0 Å². The van der Waals surface area contributed by atoms with E-state index in [9.17, 15) is 14.4 Å². The molecule has 0 radical (unpaired) electrons. The average Bonchev–Trinajstić information content (AvgIpc) is 3.48. The van der Waals surface area contributed by atoms with E-state index < -0.39 is 11.5 Å². The van der Waals surface area contributed by atoms with Crippen LogP contribution in [0.15, 0.2) is 54.0 Å². The topological polar surface area (TPSA) is 107 Å². The highest BCUT2D eigenvalue weighted by Crippen LogP contribution is 2.37. The van der Waals surface area contributed by atoms with Gasteiger partial charge in [0.15, 0.2) is 0 Å². The number of H-pyrrole nitrogens is 1. The minimum absolute atomic E-state index is 0.0242. The van der Waals surface area contributed by atoms with E-state index in [0.717, 1.165) is 26.6 Å². The van der Waals surface area contributed by atoms with Crippen LogP contribution in [0, 0.1) is 0 Å². The van der Waals surface area contributed by atoms with Gasteiger partial charge in [-0.3, -0.25) is 19.5 Å². The maximum absolute atomic E-state index is 13.9. The third-order valence-corrected chi connectivity index (χ3v) is 7.78. The van der Waals surface area contributed by atoms with Gasteiger partial charge in [-0.05, 0) is 37.5 Å². The molecule has 2 aromatic heterocycles. The summed E-state index contributed by atoms with van der Waals surface area (Å²) in [4.78, 5) is 41.8. The fourth-order valence-corrected chi connectivity index (χ4v) is 5.65. The van der Waals surface area contributed by atoms with Crippen molar-refractivity contribution in [1.82, 2.24) is 20.0 Å². The first kappa shape index (κ1) is 23.0. The summed E-state index contributed by atoms with van der Waals surface area (Å²) in [5, 5.41) is 19.8. The number of hydrogen-bond donors (Lipinski definition) is 2. The van der Waals surface area contributed by atoms with E-state index in [2.05, 4.69) is 10.2 Å².